The van der Waals surface area contributed by atoms with Gasteiger partial charge in [-0.1, -0.05) is 17.7 Å². The highest BCUT2D eigenvalue weighted by atomic mass is 32.2. The van der Waals surface area contributed by atoms with Crippen molar-refractivity contribution in [3.05, 3.63) is 29.8 Å². The van der Waals surface area contributed by atoms with Crippen LogP contribution in [0.1, 0.15) is 18.9 Å². The van der Waals surface area contributed by atoms with E-state index in [-0.39, 0.29) is 17.9 Å². The first-order chi connectivity index (χ1) is 9.35. The van der Waals surface area contributed by atoms with Crippen molar-refractivity contribution in [1.82, 2.24) is 4.72 Å². The largest absolute Gasteiger partial charge is 0.447 e. The molecule has 0 saturated carbocycles. The zero-order chi connectivity index (χ0) is 15.2. The van der Waals surface area contributed by atoms with Crippen molar-refractivity contribution in [3.8, 4) is 6.07 Å². The van der Waals surface area contributed by atoms with E-state index in [1.54, 1.807) is 18.2 Å². The van der Waals surface area contributed by atoms with Gasteiger partial charge in [-0.3, -0.25) is 4.79 Å². The third-order valence-corrected chi connectivity index (χ3v) is 3.92. The molecule has 0 unspecified atom stereocenters. The van der Waals surface area contributed by atoms with Crippen molar-refractivity contribution in [2.24, 2.45) is 0 Å². The molecule has 0 radical (unpaired) electrons. The number of benzene rings is 1. The van der Waals surface area contributed by atoms with Gasteiger partial charge in [-0.25, -0.2) is 13.1 Å². The van der Waals surface area contributed by atoms with Gasteiger partial charge in [0.15, 0.2) is 6.10 Å². The number of nitrogens with one attached hydrogen (secondary N) is 1. The fourth-order valence-corrected chi connectivity index (χ4v) is 2.40. The molecule has 1 atom stereocenters. The van der Waals surface area contributed by atoms with Gasteiger partial charge in [-0.2, -0.15) is 5.26 Å². The summed E-state index contributed by atoms with van der Waals surface area (Å²) in [5.74, 6) is -0.620. The average Bonchev–Trinajstić information content (AvgIpc) is 2.38. The highest BCUT2D eigenvalue weighted by Crippen LogP contribution is 2.09. The van der Waals surface area contributed by atoms with Crippen molar-refractivity contribution < 1.29 is 17.9 Å². The molecule has 20 heavy (non-hydrogen) atoms. The molecular weight excluding hydrogens is 280 g/mol. The number of sulfonamides is 1. The van der Waals surface area contributed by atoms with E-state index in [9.17, 15) is 13.2 Å². The molecule has 7 heteroatoms. The molecule has 108 valence electrons. The predicted molar refractivity (Wildman–Crippen MR) is 72.2 cm³/mol. The molecule has 1 N–H and O–H groups in total. The molecule has 0 aliphatic rings. The van der Waals surface area contributed by atoms with E-state index in [4.69, 9.17) is 10.00 Å². The summed E-state index contributed by atoms with van der Waals surface area (Å²) < 4.78 is 30.8. The fourth-order valence-electron chi connectivity index (χ4n) is 1.37. The zero-order valence-electron chi connectivity index (χ0n) is 11.3. The van der Waals surface area contributed by atoms with Crippen molar-refractivity contribution in [2.75, 3.05) is 6.54 Å². The maximum absolute atomic E-state index is 11.9. The lowest BCUT2D eigenvalue weighted by Gasteiger charge is -2.08. The van der Waals surface area contributed by atoms with E-state index in [2.05, 4.69) is 4.72 Å². The van der Waals surface area contributed by atoms with Gasteiger partial charge in [-0.15, -0.1) is 0 Å². The summed E-state index contributed by atoms with van der Waals surface area (Å²) in [6.07, 6.45) is -0.965. The Balaban J connectivity index is 2.51. The van der Waals surface area contributed by atoms with Crippen LogP contribution < -0.4 is 4.72 Å². The van der Waals surface area contributed by atoms with Crippen LogP contribution in [-0.4, -0.2) is 27.0 Å². The number of nitriles is 1. The Bertz CT molecular complexity index is 602. The Hall–Kier alpha value is -1.91. The molecule has 0 saturated heterocycles. The fraction of sp³-hybridized carbons (Fsp3) is 0.385. The van der Waals surface area contributed by atoms with Crippen molar-refractivity contribution in [3.63, 3.8) is 0 Å². The Kier molecular flexibility index (Phi) is 5.67. The first-order valence-electron chi connectivity index (χ1n) is 6.00. The Morgan fingerprint density at radius 2 is 2.00 bits per heavy atom. The standard InChI is InChI=1S/C13H16N2O4S/c1-10-3-5-12(6-4-10)20(17,18)15-8-7-13(16)19-11(2)9-14/h3-6,11,15H,7-8H2,1-2H3/t11-/m1/s1. The molecule has 0 bridgehead atoms. The maximum atomic E-state index is 11.9. The molecule has 0 aromatic heterocycles. The van der Waals surface area contributed by atoms with Gasteiger partial charge in [-0.05, 0) is 26.0 Å². The molecule has 1 aromatic rings. The van der Waals surface area contributed by atoms with Crippen LogP contribution in [0.3, 0.4) is 0 Å². The topological polar surface area (TPSA) is 96.3 Å². The number of carbonyl (C=O) groups excluding carboxylic acids is 1. The van der Waals surface area contributed by atoms with Gasteiger partial charge >= 0.3 is 5.97 Å². The summed E-state index contributed by atoms with van der Waals surface area (Å²) in [6, 6.07) is 8.12. The van der Waals surface area contributed by atoms with Crippen LogP contribution in [0.4, 0.5) is 0 Å². The van der Waals surface area contributed by atoms with Crippen LogP contribution in [0.2, 0.25) is 0 Å². The van der Waals surface area contributed by atoms with Crippen LogP contribution in [-0.2, 0) is 19.6 Å². The summed E-state index contributed by atoms with van der Waals surface area (Å²) in [4.78, 5) is 11.4. The average molecular weight is 296 g/mol. The number of hydrogen-bond acceptors (Lipinski definition) is 5. The number of rotatable bonds is 6. The molecule has 0 aliphatic carbocycles. The van der Waals surface area contributed by atoms with Gasteiger partial charge in [0, 0.05) is 6.54 Å². The van der Waals surface area contributed by atoms with Gasteiger partial charge in [0.05, 0.1) is 11.3 Å². The van der Waals surface area contributed by atoms with Crippen molar-refractivity contribution in [2.45, 2.75) is 31.3 Å². The van der Waals surface area contributed by atoms with E-state index in [0.717, 1.165) is 5.56 Å². The summed E-state index contributed by atoms with van der Waals surface area (Å²) in [6.45, 7) is 3.22. The smallest absolute Gasteiger partial charge is 0.308 e. The zero-order valence-corrected chi connectivity index (χ0v) is 12.1. The number of aryl methyl sites for hydroxylation is 1. The van der Waals surface area contributed by atoms with Gasteiger partial charge < -0.3 is 4.74 Å². The van der Waals surface area contributed by atoms with Crippen molar-refractivity contribution >= 4 is 16.0 Å². The molecule has 1 rings (SSSR count). The van der Waals surface area contributed by atoms with E-state index < -0.39 is 22.1 Å². The molecule has 1 aromatic carbocycles. The van der Waals surface area contributed by atoms with E-state index >= 15 is 0 Å². The van der Waals surface area contributed by atoms with E-state index in [1.807, 2.05) is 6.92 Å². The molecule has 0 heterocycles. The molecule has 0 amide bonds. The molecule has 0 aliphatic heterocycles. The van der Waals surface area contributed by atoms with E-state index in [0.29, 0.717) is 0 Å². The third kappa shape index (κ3) is 4.99. The predicted octanol–water partition coefficient (Wildman–Crippen LogP) is 1.12. The minimum absolute atomic E-state index is 0.0762. The second kappa shape index (κ2) is 7.03. The van der Waals surface area contributed by atoms with Crippen LogP contribution in [0, 0.1) is 18.3 Å². The molecular formula is C13H16N2O4S. The van der Waals surface area contributed by atoms with Crippen molar-refractivity contribution in [1.29, 1.82) is 5.26 Å². The van der Waals surface area contributed by atoms with Crippen LogP contribution in [0.25, 0.3) is 0 Å². The maximum Gasteiger partial charge on any atom is 0.308 e. The summed E-state index contributed by atoms with van der Waals surface area (Å²) in [7, 11) is -3.63. The molecule has 0 fully saturated rings. The second-order valence-electron chi connectivity index (χ2n) is 4.22. The monoisotopic (exact) mass is 296 g/mol. The van der Waals surface area contributed by atoms with Crippen LogP contribution in [0.15, 0.2) is 29.2 Å². The normalized spacial score (nSPS) is 12.4. The third-order valence-electron chi connectivity index (χ3n) is 2.44. The summed E-state index contributed by atoms with van der Waals surface area (Å²) >= 11 is 0. The lowest BCUT2D eigenvalue weighted by Crippen LogP contribution is -2.27. The van der Waals surface area contributed by atoms with Gasteiger partial charge in [0.2, 0.25) is 10.0 Å². The SMILES string of the molecule is Cc1ccc(S(=O)(=O)NCCC(=O)O[C@H](C)C#N)cc1. The lowest BCUT2D eigenvalue weighted by atomic mass is 10.2. The minimum Gasteiger partial charge on any atom is -0.447 e. The first kappa shape index (κ1) is 16.1. The number of hydrogen-bond donors (Lipinski definition) is 1. The Morgan fingerprint density at radius 3 is 2.55 bits per heavy atom. The quantitative estimate of drug-likeness (QED) is 0.793. The molecule has 0 spiro atoms. The highest BCUT2D eigenvalue weighted by Gasteiger charge is 2.15. The minimum atomic E-state index is -3.63. The van der Waals surface area contributed by atoms with Crippen LogP contribution in [0.5, 0.6) is 0 Å². The summed E-state index contributed by atoms with van der Waals surface area (Å²) in [5, 5.41) is 8.47. The second-order valence-corrected chi connectivity index (χ2v) is 5.99. The number of ether oxygens (including phenoxy) is 1. The summed E-state index contributed by atoms with van der Waals surface area (Å²) in [5.41, 5.74) is 0.956. The number of nitrogens with zero attached hydrogens (tertiary/aromatic N) is 1. The van der Waals surface area contributed by atoms with Gasteiger partial charge in [0.1, 0.15) is 6.07 Å². The van der Waals surface area contributed by atoms with E-state index in [1.165, 1.54) is 19.1 Å². The Morgan fingerprint density at radius 1 is 1.40 bits per heavy atom. The highest BCUT2D eigenvalue weighted by molar-refractivity contribution is 7.89. The number of carbonyl (C=O) groups is 1. The van der Waals surface area contributed by atoms with Gasteiger partial charge in [0.25, 0.3) is 0 Å². The first-order valence-corrected chi connectivity index (χ1v) is 7.49. The van der Waals surface area contributed by atoms with Crippen LogP contribution >= 0.6 is 0 Å². The Labute approximate surface area is 118 Å². The lowest BCUT2D eigenvalue weighted by molar-refractivity contribution is -0.145. The number of esters is 1. The molecule has 6 nitrogen and oxygen atoms in total.